The third kappa shape index (κ3) is 4.13. The fourth-order valence-corrected chi connectivity index (χ4v) is 3.58. The summed E-state index contributed by atoms with van der Waals surface area (Å²) in [6, 6.07) is 10.1. The number of aliphatic hydroxyl groups excluding tert-OH is 1. The van der Waals surface area contributed by atoms with Crippen molar-refractivity contribution in [1.29, 1.82) is 0 Å². The SMILES string of the molecule is O=C(CN1CCCC1=O)N[C@@H]1CN(Cc2ccccc2)C[C@H]1CO. The van der Waals surface area contributed by atoms with E-state index in [1.807, 2.05) is 18.2 Å². The van der Waals surface area contributed by atoms with Gasteiger partial charge in [-0.25, -0.2) is 0 Å². The Hall–Kier alpha value is -1.92. The maximum Gasteiger partial charge on any atom is 0.239 e. The summed E-state index contributed by atoms with van der Waals surface area (Å²) in [5.41, 5.74) is 1.23. The zero-order chi connectivity index (χ0) is 16.9. The molecule has 2 atom stereocenters. The van der Waals surface area contributed by atoms with Gasteiger partial charge in [0.05, 0.1) is 6.54 Å². The molecule has 3 rings (SSSR count). The number of hydrogen-bond donors (Lipinski definition) is 2. The fourth-order valence-electron chi connectivity index (χ4n) is 3.58. The van der Waals surface area contributed by atoms with Crippen LogP contribution in [-0.2, 0) is 16.1 Å². The van der Waals surface area contributed by atoms with E-state index in [-0.39, 0.29) is 36.9 Å². The van der Waals surface area contributed by atoms with Crippen LogP contribution < -0.4 is 5.32 Å². The van der Waals surface area contributed by atoms with Gasteiger partial charge in [-0.15, -0.1) is 0 Å². The molecule has 24 heavy (non-hydrogen) atoms. The highest BCUT2D eigenvalue weighted by Crippen LogP contribution is 2.19. The molecule has 0 aliphatic carbocycles. The number of carbonyl (C=O) groups excluding carboxylic acids is 2. The van der Waals surface area contributed by atoms with Crippen LogP contribution in [0.2, 0.25) is 0 Å². The van der Waals surface area contributed by atoms with Crippen LogP contribution in [0, 0.1) is 5.92 Å². The fraction of sp³-hybridized carbons (Fsp3) is 0.556. The van der Waals surface area contributed by atoms with Crippen LogP contribution in [0.5, 0.6) is 0 Å². The molecule has 0 radical (unpaired) electrons. The molecule has 6 nitrogen and oxygen atoms in total. The van der Waals surface area contributed by atoms with Crippen LogP contribution in [-0.4, -0.2) is 65.5 Å². The third-order valence-corrected chi connectivity index (χ3v) is 4.85. The quantitative estimate of drug-likeness (QED) is 0.782. The summed E-state index contributed by atoms with van der Waals surface area (Å²) in [7, 11) is 0. The largest absolute Gasteiger partial charge is 0.396 e. The van der Waals surface area contributed by atoms with Gasteiger partial charge in [-0.2, -0.15) is 0 Å². The Morgan fingerprint density at radius 3 is 2.71 bits per heavy atom. The van der Waals surface area contributed by atoms with Crippen molar-refractivity contribution in [2.24, 2.45) is 5.92 Å². The molecule has 0 saturated carbocycles. The van der Waals surface area contributed by atoms with Gasteiger partial charge in [0.1, 0.15) is 0 Å². The minimum Gasteiger partial charge on any atom is -0.396 e. The van der Waals surface area contributed by atoms with Crippen LogP contribution in [0.15, 0.2) is 30.3 Å². The zero-order valence-electron chi connectivity index (χ0n) is 13.9. The summed E-state index contributed by atoms with van der Waals surface area (Å²) in [5, 5.41) is 12.6. The van der Waals surface area contributed by atoms with Crippen LogP contribution >= 0.6 is 0 Å². The first-order valence-electron chi connectivity index (χ1n) is 8.60. The number of likely N-dealkylation sites (tertiary alicyclic amines) is 2. The van der Waals surface area contributed by atoms with Crippen molar-refractivity contribution in [2.75, 3.05) is 32.8 Å². The Bertz CT molecular complexity index is 578. The first-order valence-corrected chi connectivity index (χ1v) is 8.60. The van der Waals surface area contributed by atoms with Crippen LogP contribution in [0.4, 0.5) is 0 Å². The molecule has 2 fully saturated rings. The Morgan fingerprint density at radius 2 is 2.04 bits per heavy atom. The number of carbonyl (C=O) groups is 2. The van der Waals surface area contributed by atoms with E-state index in [1.165, 1.54) is 5.56 Å². The molecular weight excluding hydrogens is 306 g/mol. The highest BCUT2D eigenvalue weighted by molar-refractivity contribution is 5.86. The van der Waals surface area contributed by atoms with E-state index in [9.17, 15) is 14.7 Å². The van der Waals surface area contributed by atoms with Gasteiger partial charge in [0.15, 0.2) is 0 Å². The summed E-state index contributed by atoms with van der Waals surface area (Å²) in [4.78, 5) is 27.7. The van der Waals surface area contributed by atoms with Crippen LogP contribution in [0.25, 0.3) is 0 Å². The van der Waals surface area contributed by atoms with Crippen molar-refractivity contribution in [3.8, 4) is 0 Å². The van der Waals surface area contributed by atoms with Crippen molar-refractivity contribution >= 4 is 11.8 Å². The second-order valence-electron chi connectivity index (χ2n) is 6.72. The summed E-state index contributed by atoms with van der Waals surface area (Å²) in [5.74, 6) is -0.0387. The molecule has 1 aromatic rings. The second-order valence-corrected chi connectivity index (χ2v) is 6.72. The summed E-state index contributed by atoms with van der Waals surface area (Å²) in [6.45, 7) is 3.15. The summed E-state index contributed by atoms with van der Waals surface area (Å²) in [6.07, 6.45) is 1.38. The van der Waals surface area contributed by atoms with E-state index >= 15 is 0 Å². The number of hydrogen-bond acceptors (Lipinski definition) is 4. The predicted octanol–water partition coefficient (Wildman–Crippen LogP) is 0.218. The number of benzene rings is 1. The van der Waals surface area contributed by atoms with Crippen molar-refractivity contribution in [2.45, 2.75) is 25.4 Å². The number of aliphatic hydroxyl groups is 1. The molecule has 6 heteroatoms. The van der Waals surface area contributed by atoms with E-state index in [1.54, 1.807) is 4.90 Å². The van der Waals surface area contributed by atoms with Crippen LogP contribution in [0.1, 0.15) is 18.4 Å². The average molecular weight is 331 g/mol. The van der Waals surface area contributed by atoms with Gasteiger partial charge >= 0.3 is 0 Å². The molecule has 0 aromatic heterocycles. The van der Waals surface area contributed by atoms with Gasteiger partial charge in [-0.3, -0.25) is 14.5 Å². The molecule has 0 spiro atoms. The maximum atomic E-state index is 12.2. The van der Waals surface area contributed by atoms with E-state index in [2.05, 4.69) is 22.3 Å². The summed E-state index contributed by atoms with van der Waals surface area (Å²) >= 11 is 0. The minimum atomic E-state index is -0.129. The second kappa shape index (κ2) is 7.77. The number of nitrogens with one attached hydrogen (secondary N) is 1. The minimum absolute atomic E-state index is 0.0342. The van der Waals surface area contributed by atoms with Crippen LogP contribution in [0.3, 0.4) is 0 Å². The third-order valence-electron chi connectivity index (χ3n) is 4.85. The normalized spacial score (nSPS) is 24.5. The lowest BCUT2D eigenvalue weighted by Crippen LogP contribution is -2.46. The number of amides is 2. The molecule has 2 N–H and O–H groups in total. The van der Waals surface area contributed by atoms with E-state index < -0.39 is 0 Å². The Labute approximate surface area is 142 Å². The van der Waals surface area contributed by atoms with Gasteiger partial charge in [-0.05, 0) is 12.0 Å². The Kier molecular flexibility index (Phi) is 5.48. The van der Waals surface area contributed by atoms with Gasteiger partial charge in [0, 0.05) is 51.2 Å². The lowest BCUT2D eigenvalue weighted by Gasteiger charge is -2.21. The lowest BCUT2D eigenvalue weighted by atomic mass is 10.1. The molecule has 2 amide bonds. The van der Waals surface area contributed by atoms with Crippen molar-refractivity contribution in [3.63, 3.8) is 0 Å². The Balaban J connectivity index is 1.52. The molecule has 2 aliphatic rings. The van der Waals surface area contributed by atoms with Crippen molar-refractivity contribution in [3.05, 3.63) is 35.9 Å². The number of rotatable bonds is 6. The van der Waals surface area contributed by atoms with Gasteiger partial charge in [-0.1, -0.05) is 30.3 Å². The van der Waals surface area contributed by atoms with E-state index in [0.29, 0.717) is 13.0 Å². The average Bonchev–Trinajstić information content (AvgIpc) is 3.14. The van der Waals surface area contributed by atoms with Gasteiger partial charge in [0.2, 0.25) is 11.8 Å². The van der Waals surface area contributed by atoms with E-state index in [0.717, 1.165) is 26.1 Å². The molecule has 2 aliphatic heterocycles. The predicted molar refractivity (Wildman–Crippen MR) is 90.0 cm³/mol. The molecule has 1 aromatic carbocycles. The first-order chi connectivity index (χ1) is 11.7. The maximum absolute atomic E-state index is 12.2. The topological polar surface area (TPSA) is 72.9 Å². The molecule has 2 heterocycles. The molecule has 2 saturated heterocycles. The molecule has 130 valence electrons. The standard InChI is InChI=1S/C18H25N3O3/c22-13-15-10-20(9-14-5-2-1-3-6-14)11-16(15)19-17(23)12-21-8-4-7-18(21)24/h1-3,5-6,15-16,22H,4,7-13H2,(H,19,23)/t15-,16+/m0/s1. The molecule has 0 bridgehead atoms. The zero-order valence-corrected chi connectivity index (χ0v) is 13.9. The van der Waals surface area contributed by atoms with Crippen molar-refractivity contribution in [1.82, 2.24) is 15.1 Å². The molecular formula is C18H25N3O3. The highest BCUT2D eigenvalue weighted by atomic mass is 16.3. The monoisotopic (exact) mass is 331 g/mol. The van der Waals surface area contributed by atoms with Gasteiger partial charge < -0.3 is 15.3 Å². The van der Waals surface area contributed by atoms with Crippen molar-refractivity contribution < 1.29 is 14.7 Å². The lowest BCUT2D eigenvalue weighted by molar-refractivity contribution is -0.133. The number of nitrogens with zero attached hydrogens (tertiary/aromatic N) is 2. The summed E-state index contributed by atoms with van der Waals surface area (Å²) < 4.78 is 0. The highest BCUT2D eigenvalue weighted by Gasteiger charge is 2.34. The Morgan fingerprint density at radius 1 is 1.25 bits per heavy atom. The van der Waals surface area contributed by atoms with E-state index in [4.69, 9.17) is 0 Å². The first kappa shape index (κ1) is 16.9. The smallest absolute Gasteiger partial charge is 0.239 e. The molecule has 0 unspecified atom stereocenters. The van der Waals surface area contributed by atoms with Gasteiger partial charge in [0.25, 0.3) is 0 Å².